The first kappa shape index (κ1) is 11.4. The van der Waals surface area contributed by atoms with Gasteiger partial charge in [0.15, 0.2) is 5.82 Å². The number of carbonyl (C=O) groups is 1. The van der Waals surface area contributed by atoms with Crippen LogP contribution >= 0.6 is 11.3 Å². The molecule has 17 heavy (non-hydrogen) atoms. The number of aromatic amines is 2. The molecule has 0 unspecified atom stereocenters. The largest absolute Gasteiger partial charge is 0.382 e. The first-order valence-corrected chi connectivity index (χ1v) is 5.71. The number of thiazole rings is 1. The lowest BCUT2D eigenvalue weighted by atomic mass is 10.2. The maximum absolute atomic E-state index is 11.8. The third kappa shape index (κ3) is 2.36. The highest BCUT2D eigenvalue weighted by Crippen LogP contribution is 2.11. The number of aryl methyl sites for hydroxylation is 1. The van der Waals surface area contributed by atoms with Gasteiger partial charge in [-0.2, -0.15) is 5.10 Å². The molecule has 90 valence electrons. The Kier molecular flexibility index (Phi) is 2.96. The highest BCUT2D eigenvalue weighted by atomic mass is 32.1. The van der Waals surface area contributed by atoms with Crippen LogP contribution in [0.1, 0.15) is 21.7 Å². The zero-order valence-electron chi connectivity index (χ0n) is 9.03. The fourth-order valence-corrected chi connectivity index (χ4v) is 1.98. The number of rotatable bonds is 3. The molecule has 2 aromatic rings. The van der Waals surface area contributed by atoms with Gasteiger partial charge in [-0.3, -0.25) is 14.7 Å². The number of nitrogens with two attached hydrogens (primary N) is 1. The van der Waals surface area contributed by atoms with E-state index in [0.717, 1.165) is 11.3 Å². The minimum Gasteiger partial charge on any atom is -0.382 e. The number of amides is 1. The van der Waals surface area contributed by atoms with E-state index in [0.29, 0.717) is 17.0 Å². The monoisotopic (exact) mass is 253 g/mol. The van der Waals surface area contributed by atoms with Gasteiger partial charge >= 0.3 is 4.87 Å². The normalized spacial score (nSPS) is 10.4. The molecule has 0 fully saturated rings. The Hall–Kier alpha value is -2.09. The van der Waals surface area contributed by atoms with Crippen LogP contribution in [0.15, 0.2) is 10.2 Å². The van der Waals surface area contributed by atoms with E-state index in [1.165, 1.54) is 0 Å². The van der Waals surface area contributed by atoms with Crippen LogP contribution in [0.4, 0.5) is 5.82 Å². The van der Waals surface area contributed by atoms with Crippen LogP contribution in [0.5, 0.6) is 0 Å². The summed E-state index contributed by atoms with van der Waals surface area (Å²) in [5.41, 5.74) is 7.16. The number of H-pyrrole nitrogens is 2. The van der Waals surface area contributed by atoms with Gasteiger partial charge in [-0.05, 0) is 6.92 Å². The van der Waals surface area contributed by atoms with Gasteiger partial charge in [0.05, 0.1) is 6.54 Å². The second kappa shape index (κ2) is 4.42. The number of carbonyl (C=O) groups excluding carboxylic acids is 1. The highest BCUT2D eigenvalue weighted by molar-refractivity contribution is 7.07. The van der Waals surface area contributed by atoms with Crippen molar-refractivity contribution in [2.45, 2.75) is 13.5 Å². The van der Waals surface area contributed by atoms with E-state index in [-0.39, 0.29) is 23.1 Å². The fraction of sp³-hybridized carbons (Fsp3) is 0.222. The molecule has 0 aliphatic carbocycles. The van der Waals surface area contributed by atoms with Gasteiger partial charge in [0, 0.05) is 16.8 Å². The van der Waals surface area contributed by atoms with Crippen molar-refractivity contribution in [1.29, 1.82) is 0 Å². The van der Waals surface area contributed by atoms with Gasteiger partial charge in [0.25, 0.3) is 5.91 Å². The maximum Gasteiger partial charge on any atom is 0.304 e. The third-order valence-corrected chi connectivity index (χ3v) is 2.93. The fourth-order valence-electron chi connectivity index (χ4n) is 1.40. The summed E-state index contributed by atoms with van der Waals surface area (Å²) in [4.78, 5) is 25.1. The Morgan fingerprint density at radius 3 is 2.94 bits per heavy atom. The lowest BCUT2D eigenvalue weighted by Crippen LogP contribution is -2.24. The van der Waals surface area contributed by atoms with Crippen LogP contribution in [0, 0.1) is 6.92 Å². The molecule has 8 heteroatoms. The second-order valence-corrected chi connectivity index (χ2v) is 4.31. The first-order valence-electron chi connectivity index (χ1n) is 4.83. The van der Waals surface area contributed by atoms with Gasteiger partial charge in [0.2, 0.25) is 0 Å². The molecule has 2 rings (SSSR count). The predicted molar refractivity (Wildman–Crippen MR) is 63.8 cm³/mol. The van der Waals surface area contributed by atoms with Crippen molar-refractivity contribution < 1.29 is 4.79 Å². The molecule has 0 spiro atoms. The highest BCUT2D eigenvalue weighted by Gasteiger charge is 2.15. The van der Waals surface area contributed by atoms with E-state index >= 15 is 0 Å². The molecule has 0 atom stereocenters. The zero-order valence-corrected chi connectivity index (χ0v) is 9.85. The van der Waals surface area contributed by atoms with Crippen molar-refractivity contribution >= 4 is 23.1 Å². The van der Waals surface area contributed by atoms with Crippen LogP contribution in [0.25, 0.3) is 0 Å². The van der Waals surface area contributed by atoms with Gasteiger partial charge < -0.3 is 16.0 Å². The van der Waals surface area contributed by atoms with Gasteiger partial charge in [-0.15, -0.1) is 0 Å². The summed E-state index contributed by atoms with van der Waals surface area (Å²) in [6.07, 6.45) is 0. The Morgan fingerprint density at radius 2 is 2.41 bits per heavy atom. The van der Waals surface area contributed by atoms with Gasteiger partial charge in [0.1, 0.15) is 5.56 Å². The Balaban J connectivity index is 2.05. The van der Waals surface area contributed by atoms with E-state index in [1.54, 1.807) is 12.3 Å². The van der Waals surface area contributed by atoms with E-state index in [9.17, 15) is 9.59 Å². The number of hydrogen-bond donors (Lipinski definition) is 4. The number of nitrogen functional groups attached to an aromatic ring is 1. The quantitative estimate of drug-likeness (QED) is 0.615. The van der Waals surface area contributed by atoms with Crippen molar-refractivity contribution in [3.05, 3.63) is 32.0 Å². The van der Waals surface area contributed by atoms with Crippen LogP contribution < -0.4 is 15.9 Å². The molecule has 0 saturated heterocycles. The molecular formula is C9H11N5O2S. The molecule has 2 heterocycles. The average Bonchev–Trinajstić information content (AvgIpc) is 2.83. The zero-order chi connectivity index (χ0) is 12.4. The second-order valence-electron chi connectivity index (χ2n) is 3.46. The summed E-state index contributed by atoms with van der Waals surface area (Å²) in [6.45, 7) is 1.96. The minimum atomic E-state index is -0.319. The Bertz CT molecular complexity index is 577. The van der Waals surface area contributed by atoms with E-state index < -0.39 is 0 Å². The lowest BCUT2D eigenvalue weighted by molar-refractivity contribution is 0.0951. The Labute approximate surface area is 100 Å². The van der Waals surface area contributed by atoms with Crippen molar-refractivity contribution in [2.75, 3.05) is 5.73 Å². The van der Waals surface area contributed by atoms with Crippen molar-refractivity contribution in [3.63, 3.8) is 0 Å². The van der Waals surface area contributed by atoms with Crippen LogP contribution in [-0.2, 0) is 6.54 Å². The summed E-state index contributed by atoms with van der Waals surface area (Å²) < 4.78 is 0. The average molecular weight is 253 g/mol. The molecular weight excluding hydrogens is 242 g/mol. The van der Waals surface area contributed by atoms with E-state index in [1.807, 2.05) is 0 Å². The molecule has 5 N–H and O–H groups in total. The summed E-state index contributed by atoms with van der Waals surface area (Å²) in [7, 11) is 0. The SMILES string of the molecule is Cc1[nH]nc(N)c1C(=O)NCc1csc(=O)[nH]1. The predicted octanol–water partition coefficient (Wildman–Crippen LogP) is -0.0199. The van der Waals surface area contributed by atoms with Crippen molar-refractivity contribution in [2.24, 2.45) is 0 Å². The van der Waals surface area contributed by atoms with Crippen molar-refractivity contribution in [3.8, 4) is 0 Å². The summed E-state index contributed by atoms with van der Waals surface area (Å²) >= 11 is 1.05. The number of nitrogens with one attached hydrogen (secondary N) is 3. The van der Waals surface area contributed by atoms with Crippen molar-refractivity contribution in [1.82, 2.24) is 20.5 Å². The topological polar surface area (TPSA) is 117 Å². The number of anilines is 1. The molecule has 0 radical (unpaired) electrons. The first-order chi connectivity index (χ1) is 8.08. The molecule has 0 aliphatic heterocycles. The van der Waals surface area contributed by atoms with Crippen LogP contribution in [-0.4, -0.2) is 21.1 Å². The molecule has 0 aliphatic rings. The van der Waals surface area contributed by atoms with Crippen LogP contribution in [0.2, 0.25) is 0 Å². The lowest BCUT2D eigenvalue weighted by Gasteiger charge is -2.03. The number of aromatic nitrogens is 3. The third-order valence-electron chi connectivity index (χ3n) is 2.21. The number of hydrogen-bond acceptors (Lipinski definition) is 5. The summed E-state index contributed by atoms with van der Waals surface area (Å²) in [5.74, 6) is -0.153. The number of nitrogens with zero attached hydrogens (tertiary/aromatic N) is 1. The molecule has 7 nitrogen and oxygen atoms in total. The molecule has 0 aromatic carbocycles. The minimum absolute atomic E-state index is 0.145. The Morgan fingerprint density at radius 1 is 1.65 bits per heavy atom. The molecule has 2 aromatic heterocycles. The van der Waals surface area contributed by atoms with Crippen LogP contribution in [0.3, 0.4) is 0 Å². The summed E-state index contributed by atoms with van der Waals surface area (Å²) in [6, 6.07) is 0. The van der Waals surface area contributed by atoms with Gasteiger partial charge in [-0.25, -0.2) is 0 Å². The smallest absolute Gasteiger partial charge is 0.304 e. The molecule has 1 amide bonds. The maximum atomic E-state index is 11.8. The van der Waals surface area contributed by atoms with Gasteiger partial charge in [-0.1, -0.05) is 11.3 Å². The summed E-state index contributed by atoms with van der Waals surface area (Å²) in [5, 5.41) is 10.7. The standard InChI is InChI=1S/C9H11N5O2S/c1-4-6(7(10)14-13-4)8(15)11-2-5-3-17-9(16)12-5/h3H,2H2,1H3,(H,11,15)(H,12,16)(H3,10,13,14). The van der Waals surface area contributed by atoms with E-state index in [4.69, 9.17) is 5.73 Å². The van der Waals surface area contributed by atoms with E-state index in [2.05, 4.69) is 20.5 Å². The molecule has 0 bridgehead atoms. The molecule has 0 saturated carbocycles.